The quantitative estimate of drug-likeness (QED) is 0.0703. The van der Waals surface area contributed by atoms with E-state index < -0.39 is 65.8 Å². The van der Waals surface area contributed by atoms with Gasteiger partial charge >= 0.3 is 23.9 Å². The Morgan fingerprint density at radius 2 is 0.770 bits per heavy atom. The van der Waals surface area contributed by atoms with Crippen molar-refractivity contribution >= 4 is 47.5 Å². The molecule has 4 amide bonds. The number of hydrogen-bond donors (Lipinski definition) is 10. The summed E-state index contributed by atoms with van der Waals surface area (Å²) in [6.45, 7) is 1.13. The number of carboxylic acid groups (broad SMARTS) is 4. The van der Waals surface area contributed by atoms with Crippen molar-refractivity contribution in [1.82, 2.24) is 26.6 Å². The Balaban J connectivity index is 0.000000231. The van der Waals surface area contributed by atoms with Crippen molar-refractivity contribution in [2.45, 2.75) is 153 Å². The smallest absolute Gasteiger partial charge is 0.303 e. The molecule has 8 fully saturated rings. The van der Waals surface area contributed by atoms with E-state index in [0.717, 1.165) is 74.0 Å². The average molecular weight is 861 g/mol. The highest BCUT2D eigenvalue weighted by molar-refractivity contribution is 5.91. The van der Waals surface area contributed by atoms with Gasteiger partial charge in [-0.05, 0) is 156 Å². The van der Waals surface area contributed by atoms with E-state index in [9.17, 15) is 38.4 Å². The topological polar surface area (TPSA) is 304 Å². The van der Waals surface area contributed by atoms with Crippen molar-refractivity contribution in [3.63, 3.8) is 0 Å². The van der Waals surface area contributed by atoms with Crippen LogP contribution in [0.15, 0.2) is 0 Å². The highest BCUT2D eigenvalue weighted by Crippen LogP contribution is 2.60. The summed E-state index contributed by atoms with van der Waals surface area (Å²) in [5.74, 6) is -1.53. The molecule has 0 unspecified atom stereocenters. The van der Waals surface area contributed by atoms with Crippen LogP contribution in [0.2, 0.25) is 0 Å². The van der Waals surface area contributed by atoms with E-state index in [4.69, 9.17) is 26.2 Å². The largest absolute Gasteiger partial charge is 0.481 e. The van der Waals surface area contributed by atoms with E-state index in [1.54, 1.807) is 7.05 Å². The van der Waals surface area contributed by atoms with Crippen LogP contribution in [0.25, 0.3) is 0 Å². The summed E-state index contributed by atoms with van der Waals surface area (Å²) in [6, 6.07) is -3.79. The molecule has 8 rings (SSSR count). The maximum atomic E-state index is 12.9. The van der Waals surface area contributed by atoms with E-state index in [2.05, 4.69) is 26.6 Å². The molecule has 0 spiro atoms. The molecule has 11 N–H and O–H groups in total. The molecule has 18 heteroatoms. The molecule has 0 aromatic heterocycles. The molecule has 61 heavy (non-hydrogen) atoms. The lowest BCUT2D eigenvalue weighted by Crippen LogP contribution is -2.55. The first-order chi connectivity index (χ1) is 28.8. The molecule has 4 atom stereocenters. The molecule has 342 valence electrons. The van der Waals surface area contributed by atoms with Gasteiger partial charge in [0.1, 0.15) is 12.1 Å². The summed E-state index contributed by atoms with van der Waals surface area (Å²) in [6.07, 6.45) is 13.7. The molecular formula is C43H68N6O12. The molecule has 0 aromatic rings. The predicted molar refractivity (Wildman–Crippen MR) is 219 cm³/mol. The van der Waals surface area contributed by atoms with E-state index >= 15 is 0 Å². The van der Waals surface area contributed by atoms with Crippen LogP contribution in [0.1, 0.15) is 128 Å². The fraction of sp³-hybridized carbons (Fsp3) is 0.814. The Labute approximate surface area is 357 Å². The molecule has 0 radical (unpaired) electrons. The van der Waals surface area contributed by atoms with Gasteiger partial charge in [0, 0.05) is 38.8 Å². The highest BCUT2D eigenvalue weighted by atomic mass is 16.4. The summed E-state index contributed by atoms with van der Waals surface area (Å²) in [5.41, 5.74) is 5.99. The number of hydrogen-bond acceptors (Lipinski definition) is 10. The molecule has 0 saturated heterocycles. The molecule has 8 bridgehead atoms. The van der Waals surface area contributed by atoms with E-state index in [1.165, 1.54) is 38.5 Å². The Hall–Kier alpha value is -4.32. The van der Waals surface area contributed by atoms with Crippen molar-refractivity contribution in [3.05, 3.63) is 0 Å². The Kier molecular flexibility index (Phi) is 16.6. The van der Waals surface area contributed by atoms with E-state index in [1.807, 2.05) is 0 Å². The third-order valence-corrected chi connectivity index (χ3v) is 14.5. The van der Waals surface area contributed by atoms with Crippen molar-refractivity contribution in [3.8, 4) is 0 Å². The maximum Gasteiger partial charge on any atom is 0.303 e. The van der Waals surface area contributed by atoms with Gasteiger partial charge in [-0.3, -0.25) is 38.4 Å². The standard InChI is InChI=1S/C22H35N3O6.C21H33N3O6/c1-23-16(2-4-18(26)27)21(31)25-17(3-5-19(28)29)20(30)24-12-22-9-13-6-14(10-22)8-15(7-13)11-22;22-15(1-3-17(25)26)19(29)24-16(2-4-18(27)28)20(30)23-11-21-8-12-5-13(9-21)7-14(6-12)10-21/h13-17,23H,2-12H2,1H3,(H,24,30)(H,25,31)(H,26,27)(H,28,29);12-16H,1-11,22H2,(H,23,30)(H,24,29)(H,25,26)(H,27,28)/t13?,14?,15?,16-,17-,22?;12?,13?,14?,15-,16+,21?/m00/s1. The SMILES string of the molecule is CN[C@@H](CCC(=O)O)C(=O)N[C@@H](CCC(=O)O)C(=O)NCC12CC3CC(CC(C3)C1)C2.N[C@@H](CCC(=O)O)C(=O)N[C@H](CCC(=O)O)C(=O)NCC12CC3CC(CC(C3)C1)C2. The fourth-order valence-corrected chi connectivity index (χ4v) is 12.5. The minimum Gasteiger partial charge on any atom is -0.481 e. The van der Waals surface area contributed by atoms with Crippen LogP contribution in [0.3, 0.4) is 0 Å². The van der Waals surface area contributed by atoms with Gasteiger partial charge < -0.3 is 52.7 Å². The zero-order valence-electron chi connectivity index (χ0n) is 35.5. The number of aliphatic carboxylic acids is 4. The number of likely N-dealkylation sites (N-methyl/N-ethyl adjacent to an activating group) is 1. The van der Waals surface area contributed by atoms with Crippen LogP contribution >= 0.6 is 0 Å². The van der Waals surface area contributed by atoms with Crippen LogP contribution in [0.4, 0.5) is 0 Å². The molecule has 18 nitrogen and oxygen atoms in total. The number of carboxylic acids is 4. The van der Waals surface area contributed by atoms with Crippen LogP contribution in [0, 0.1) is 46.3 Å². The number of carbonyl (C=O) groups is 8. The van der Waals surface area contributed by atoms with Gasteiger partial charge in [0.15, 0.2) is 0 Å². The number of nitrogens with one attached hydrogen (secondary N) is 5. The van der Waals surface area contributed by atoms with Gasteiger partial charge in [-0.1, -0.05) is 0 Å². The highest BCUT2D eigenvalue weighted by Gasteiger charge is 2.52. The molecule has 0 heterocycles. The van der Waals surface area contributed by atoms with Crippen LogP contribution in [-0.4, -0.2) is 112 Å². The number of carbonyl (C=O) groups excluding carboxylic acids is 4. The second-order valence-electron chi connectivity index (χ2n) is 19.6. The Morgan fingerprint density at radius 1 is 0.475 bits per heavy atom. The number of nitrogens with two attached hydrogens (primary N) is 1. The minimum atomic E-state index is -1.07. The van der Waals surface area contributed by atoms with Gasteiger partial charge in [-0.2, -0.15) is 0 Å². The van der Waals surface area contributed by atoms with Crippen molar-refractivity contribution in [2.24, 2.45) is 52.1 Å². The van der Waals surface area contributed by atoms with Gasteiger partial charge in [0.25, 0.3) is 0 Å². The van der Waals surface area contributed by atoms with Gasteiger partial charge in [0.2, 0.25) is 23.6 Å². The third-order valence-electron chi connectivity index (χ3n) is 14.5. The van der Waals surface area contributed by atoms with Crippen LogP contribution in [-0.2, 0) is 38.4 Å². The van der Waals surface area contributed by atoms with Gasteiger partial charge in [-0.25, -0.2) is 0 Å². The minimum absolute atomic E-state index is 0.0108. The lowest BCUT2D eigenvalue weighted by Gasteiger charge is -2.57. The van der Waals surface area contributed by atoms with Crippen molar-refractivity contribution in [1.29, 1.82) is 0 Å². The summed E-state index contributed by atoms with van der Waals surface area (Å²) in [4.78, 5) is 94.1. The fourth-order valence-electron chi connectivity index (χ4n) is 12.5. The summed E-state index contributed by atoms with van der Waals surface area (Å²) in [5, 5.41) is 49.5. The zero-order chi connectivity index (χ0) is 44.5. The normalized spacial score (nSPS) is 30.7. The van der Waals surface area contributed by atoms with Crippen LogP contribution < -0.4 is 32.3 Å². The summed E-state index contributed by atoms with van der Waals surface area (Å²) < 4.78 is 0. The van der Waals surface area contributed by atoms with E-state index in [-0.39, 0.29) is 68.1 Å². The monoisotopic (exact) mass is 860 g/mol. The second kappa shape index (κ2) is 21.2. The first-order valence-corrected chi connectivity index (χ1v) is 22.3. The molecule has 8 aliphatic rings. The van der Waals surface area contributed by atoms with E-state index in [0.29, 0.717) is 13.1 Å². The number of amides is 4. The molecular weight excluding hydrogens is 793 g/mol. The molecule has 8 saturated carbocycles. The van der Waals surface area contributed by atoms with Crippen molar-refractivity contribution in [2.75, 3.05) is 20.1 Å². The van der Waals surface area contributed by atoms with Gasteiger partial charge in [0.05, 0.1) is 12.1 Å². The Morgan fingerprint density at radius 3 is 1.08 bits per heavy atom. The zero-order valence-corrected chi connectivity index (χ0v) is 35.5. The first kappa shape index (κ1) is 47.7. The first-order valence-electron chi connectivity index (χ1n) is 22.3. The van der Waals surface area contributed by atoms with Crippen molar-refractivity contribution < 1.29 is 58.8 Å². The molecule has 8 aliphatic carbocycles. The lowest BCUT2D eigenvalue weighted by molar-refractivity contribution is -0.139. The summed E-state index contributed by atoms with van der Waals surface area (Å²) >= 11 is 0. The maximum absolute atomic E-state index is 12.9. The lowest BCUT2D eigenvalue weighted by atomic mass is 9.49. The second-order valence-corrected chi connectivity index (χ2v) is 19.6. The average Bonchev–Trinajstić information content (AvgIpc) is 3.17. The van der Waals surface area contributed by atoms with Gasteiger partial charge in [-0.15, -0.1) is 0 Å². The predicted octanol–water partition coefficient (Wildman–Crippen LogP) is 1.98. The molecule has 0 aliphatic heterocycles. The van der Waals surface area contributed by atoms with Crippen LogP contribution in [0.5, 0.6) is 0 Å². The Bertz CT molecular complexity index is 1570. The number of rotatable bonds is 23. The third kappa shape index (κ3) is 13.8. The molecule has 0 aromatic carbocycles. The summed E-state index contributed by atoms with van der Waals surface area (Å²) in [7, 11) is 1.55.